The smallest absolute Gasteiger partial charge is 0.410 e. The Labute approximate surface area is 215 Å². The van der Waals surface area contributed by atoms with Gasteiger partial charge in [0.1, 0.15) is 11.4 Å². The number of hydrogen-bond acceptors (Lipinski definition) is 6. The monoisotopic (exact) mass is 498 g/mol. The second kappa shape index (κ2) is 12.3. The molecule has 2 aromatic carbocycles. The molecule has 198 valence electrons. The number of nitrogens with zero attached hydrogens (tertiary/aromatic N) is 2. The molecule has 1 atom stereocenters. The van der Waals surface area contributed by atoms with E-state index in [1.165, 1.54) is 23.8 Å². The highest BCUT2D eigenvalue weighted by Crippen LogP contribution is 2.32. The van der Waals surface area contributed by atoms with Crippen LogP contribution in [0.4, 0.5) is 4.79 Å². The maximum atomic E-state index is 12.7. The lowest BCUT2D eigenvalue weighted by Crippen LogP contribution is -2.51. The molecule has 1 saturated carbocycles. The van der Waals surface area contributed by atoms with E-state index in [4.69, 9.17) is 18.9 Å². The van der Waals surface area contributed by atoms with E-state index < -0.39 is 5.60 Å². The van der Waals surface area contributed by atoms with Crippen LogP contribution < -0.4 is 4.74 Å². The van der Waals surface area contributed by atoms with Gasteiger partial charge in [-0.3, -0.25) is 4.90 Å². The maximum absolute atomic E-state index is 12.7. The fourth-order valence-corrected chi connectivity index (χ4v) is 4.58. The molecule has 1 saturated heterocycles. The van der Waals surface area contributed by atoms with E-state index >= 15 is 0 Å². The predicted octanol–water partition coefficient (Wildman–Crippen LogP) is 5.25. The van der Waals surface area contributed by atoms with Crippen molar-refractivity contribution >= 4 is 16.9 Å². The molecule has 1 amide bonds. The molecule has 4 rings (SSSR count). The van der Waals surface area contributed by atoms with Gasteiger partial charge in [0.15, 0.2) is 0 Å². The van der Waals surface area contributed by atoms with Crippen LogP contribution in [0.15, 0.2) is 36.4 Å². The Morgan fingerprint density at radius 2 is 2.00 bits per heavy atom. The molecule has 1 aliphatic carbocycles. The second-order valence-corrected chi connectivity index (χ2v) is 10.6. The topological polar surface area (TPSA) is 60.5 Å². The van der Waals surface area contributed by atoms with E-state index in [1.807, 2.05) is 20.8 Å². The Balaban J connectivity index is 1.43. The zero-order valence-electron chi connectivity index (χ0n) is 22.3. The number of ether oxygens (including phenoxy) is 4. The minimum atomic E-state index is -0.454. The lowest BCUT2D eigenvalue weighted by molar-refractivity contribution is -0.0567. The number of carbonyl (C=O) groups is 1. The Morgan fingerprint density at radius 3 is 2.75 bits per heavy atom. The fourth-order valence-electron chi connectivity index (χ4n) is 4.58. The van der Waals surface area contributed by atoms with E-state index in [0.29, 0.717) is 39.0 Å². The lowest BCUT2D eigenvalue weighted by Gasteiger charge is -2.37. The Morgan fingerprint density at radius 1 is 1.19 bits per heavy atom. The van der Waals surface area contributed by atoms with Crippen molar-refractivity contribution in [2.45, 2.75) is 70.7 Å². The molecule has 0 aromatic heterocycles. The van der Waals surface area contributed by atoms with E-state index in [0.717, 1.165) is 37.1 Å². The van der Waals surface area contributed by atoms with Crippen LogP contribution in [0.3, 0.4) is 0 Å². The second-order valence-electron chi connectivity index (χ2n) is 10.6. The van der Waals surface area contributed by atoms with Crippen molar-refractivity contribution in [3.63, 3.8) is 0 Å². The Kier molecular flexibility index (Phi) is 9.09. The van der Waals surface area contributed by atoms with Crippen LogP contribution in [0.25, 0.3) is 10.8 Å². The highest BCUT2D eigenvalue weighted by molar-refractivity contribution is 5.89. The number of methoxy groups -OCH3 is 1. The van der Waals surface area contributed by atoms with Crippen molar-refractivity contribution in [2.75, 3.05) is 46.6 Å². The normalized spacial score (nSPS) is 18.6. The summed E-state index contributed by atoms with van der Waals surface area (Å²) in [6.45, 7) is 10.6. The summed E-state index contributed by atoms with van der Waals surface area (Å²) in [6, 6.07) is 13.4. The van der Waals surface area contributed by atoms with Crippen molar-refractivity contribution in [1.82, 2.24) is 9.80 Å². The number of hydrogen-bond donors (Lipinski definition) is 0. The fraction of sp³-hybridized carbons (Fsp3) is 0.621. The molecule has 0 N–H and O–H groups in total. The molecule has 2 aromatic rings. The van der Waals surface area contributed by atoms with Crippen molar-refractivity contribution in [3.05, 3.63) is 42.0 Å². The van der Waals surface area contributed by atoms with Crippen molar-refractivity contribution in [3.8, 4) is 5.75 Å². The third-order valence-electron chi connectivity index (χ3n) is 7.13. The molecule has 7 heteroatoms. The number of rotatable bonds is 12. The van der Waals surface area contributed by atoms with Crippen LogP contribution in [0.5, 0.6) is 5.75 Å². The van der Waals surface area contributed by atoms with Crippen LogP contribution in [0.2, 0.25) is 0 Å². The number of amides is 1. The molecule has 0 spiro atoms. The molecule has 0 bridgehead atoms. The summed E-state index contributed by atoms with van der Waals surface area (Å²) in [5.74, 6) is 0.927. The summed E-state index contributed by atoms with van der Waals surface area (Å²) in [5.41, 5.74) is 0.781. The molecule has 7 nitrogen and oxygen atoms in total. The minimum absolute atomic E-state index is 0.0261. The lowest BCUT2D eigenvalue weighted by atomic mass is 10.0. The van der Waals surface area contributed by atoms with Crippen LogP contribution in [-0.4, -0.2) is 80.2 Å². The number of carbonyl (C=O) groups excluding carboxylic acids is 1. The summed E-state index contributed by atoms with van der Waals surface area (Å²) in [4.78, 5) is 17.1. The third-order valence-corrected chi connectivity index (χ3v) is 7.13. The third kappa shape index (κ3) is 7.34. The van der Waals surface area contributed by atoms with Crippen LogP contribution in [0.1, 0.15) is 52.0 Å². The number of morpholine rings is 1. The van der Waals surface area contributed by atoms with Crippen LogP contribution in [0, 0.1) is 0 Å². The van der Waals surface area contributed by atoms with Crippen molar-refractivity contribution in [2.24, 2.45) is 0 Å². The summed E-state index contributed by atoms with van der Waals surface area (Å²) >= 11 is 0. The average Bonchev–Trinajstić information content (AvgIpc) is 3.72. The molecular weight excluding hydrogens is 456 g/mol. The van der Waals surface area contributed by atoms with Crippen molar-refractivity contribution in [1.29, 1.82) is 0 Å². The van der Waals surface area contributed by atoms with E-state index in [1.54, 1.807) is 12.0 Å². The van der Waals surface area contributed by atoms with Crippen LogP contribution >= 0.6 is 0 Å². The quantitative estimate of drug-likeness (QED) is 0.373. The first-order valence-corrected chi connectivity index (χ1v) is 13.4. The van der Waals surface area contributed by atoms with Gasteiger partial charge in [-0.25, -0.2) is 4.79 Å². The van der Waals surface area contributed by atoms with Gasteiger partial charge in [0, 0.05) is 51.2 Å². The van der Waals surface area contributed by atoms with E-state index in [9.17, 15) is 4.79 Å². The van der Waals surface area contributed by atoms with Gasteiger partial charge in [-0.2, -0.15) is 0 Å². The molecule has 0 radical (unpaired) electrons. The standard InChI is InChI=1S/C29H42N2O5/c1-5-29(2,3)36-28(32)30-13-16-34-25(20-30)21-31(24-11-12-24)19-22-17-23-9-6-7-10-26(23)27(18-22)35-15-8-14-33-4/h6-7,9-10,17-18,24-25H,5,8,11-16,19-21H2,1-4H3. The molecule has 1 unspecified atom stereocenters. The van der Waals surface area contributed by atoms with Gasteiger partial charge in [-0.1, -0.05) is 31.2 Å². The predicted molar refractivity (Wildman–Crippen MR) is 142 cm³/mol. The first kappa shape index (κ1) is 26.7. The highest BCUT2D eigenvalue weighted by Gasteiger charge is 2.34. The molecule has 2 fully saturated rings. The maximum Gasteiger partial charge on any atom is 0.410 e. The summed E-state index contributed by atoms with van der Waals surface area (Å²) < 4.78 is 23.2. The summed E-state index contributed by atoms with van der Waals surface area (Å²) in [5, 5.41) is 2.32. The van der Waals surface area contributed by atoms with Gasteiger partial charge in [0.2, 0.25) is 0 Å². The van der Waals surface area contributed by atoms with Gasteiger partial charge in [0.25, 0.3) is 0 Å². The molecule has 1 heterocycles. The molecule has 2 aliphatic rings. The minimum Gasteiger partial charge on any atom is -0.493 e. The number of benzene rings is 2. The average molecular weight is 499 g/mol. The molecule has 1 aliphatic heterocycles. The van der Waals surface area contributed by atoms with Gasteiger partial charge < -0.3 is 23.8 Å². The Bertz CT molecular complexity index is 1010. The summed E-state index contributed by atoms with van der Waals surface area (Å²) in [7, 11) is 1.71. The van der Waals surface area contributed by atoms with Gasteiger partial charge in [0.05, 0.1) is 25.9 Å². The van der Waals surface area contributed by atoms with Gasteiger partial charge in [-0.05, 0) is 56.2 Å². The highest BCUT2D eigenvalue weighted by atomic mass is 16.6. The van der Waals surface area contributed by atoms with Crippen LogP contribution in [-0.2, 0) is 20.8 Å². The first-order valence-electron chi connectivity index (χ1n) is 13.4. The van der Waals surface area contributed by atoms with Crippen molar-refractivity contribution < 1.29 is 23.7 Å². The molecule has 36 heavy (non-hydrogen) atoms. The number of fused-ring (bicyclic) bond motifs is 1. The zero-order chi connectivity index (χ0) is 25.5. The van der Waals surface area contributed by atoms with Gasteiger partial charge in [-0.15, -0.1) is 0 Å². The van der Waals surface area contributed by atoms with Gasteiger partial charge >= 0.3 is 6.09 Å². The van der Waals surface area contributed by atoms with E-state index in [2.05, 4.69) is 41.3 Å². The largest absolute Gasteiger partial charge is 0.493 e. The SMILES string of the molecule is CCC(C)(C)OC(=O)N1CCOC(CN(Cc2cc(OCCCOC)c3ccccc3c2)C2CC2)C1. The van der Waals surface area contributed by atoms with E-state index in [-0.39, 0.29) is 12.2 Å². The zero-order valence-corrected chi connectivity index (χ0v) is 22.3. The summed E-state index contributed by atoms with van der Waals surface area (Å²) in [6.07, 6.45) is 3.79. The first-order chi connectivity index (χ1) is 17.4. The Hall–Kier alpha value is -2.35. The molecular formula is C29H42N2O5.